The predicted octanol–water partition coefficient (Wildman–Crippen LogP) is 1.81. The molecule has 0 amide bonds. The minimum atomic E-state index is -0.453. The lowest BCUT2D eigenvalue weighted by Gasteiger charge is -2.37. The number of halogens is 1. The van der Waals surface area contributed by atoms with Gasteiger partial charge in [0.15, 0.2) is 0 Å². The molecule has 106 valence electrons. The second-order valence-electron chi connectivity index (χ2n) is 4.82. The van der Waals surface area contributed by atoms with Crippen LogP contribution in [0.4, 0.5) is 15.8 Å². The van der Waals surface area contributed by atoms with Crippen molar-refractivity contribution >= 4 is 11.4 Å². The number of pyridine rings is 2. The van der Waals surface area contributed by atoms with Crippen LogP contribution in [0.2, 0.25) is 0 Å². The molecule has 1 aliphatic heterocycles. The first-order valence-corrected chi connectivity index (χ1v) is 6.74. The quantitative estimate of drug-likeness (QED) is 0.787. The number of anilines is 2. The summed E-state index contributed by atoms with van der Waals surface area (Å²) in [6, 6.07) is 8.92. The largest absolute Gasteiger partial charge is 0.368 e. The summed E-state index contributed by atoms with van der Waals surface area (Å²) >= 11 is 0. The van der Waals surface area contributed by atoms with Gasteiger partial charge in [0.25, 0.3) is 0 Å². The molecule has 1 aliphatic rings. The van der Waals surface area contributed by atoms with Gasteiger partial charge in [0.1, 0.15) is 11.8 Å². The third kappa shape index (κ3) is 2.92. The van der Waals surface area contributed by atoms with E-state index >= 15 is 0 Å². The van der Waals surface area contributed by atoms with E-state index in [0.717, 1.165) is 37.6 Å². The van der Waals surface area contributed by atoms with Crippen molar-refractivity contribution in [2.45, 2.75) is 0 Å². The molecule has 0 atom stereocenters. The Balaban J connectivity index is 1.66. The molecule has 0 N–H and O–H groups in total. The van der Waals surface area contributed by atoms with Crippen molar-refractivity contribution in [3.8, 4) is 6.07 Å². The van der Waals surface area contributed by atoms with E-state index in [2.05, 4.69) is 19.8 Å². The van der Waals surface area contributed by atoms with Gasteiger partial charge in [0, 0.05) is 44.1 Å². The van der Waals surface area contributed by atoms with Gasteiger partial charge in [-0.15, -0.1) is 0 Å². The summed E-state index contributed by atoms with van der Waals surface area (Å²) in [6.45, 7) is 3.28. The monoisotopic (exact) mass is 283 g/mol. The van der Waals surface area contributed by atoms with Gasteiger partial charge in [-0.3, -0.25) is 0 Å². The number of hydrogen-bond donors (Lipinski definition) is 0. The average Bonchev–Trinajstić information content (AvgIpc) is 2.55. The summed E-state index contributed by atoms with van der Waals surface area (Å²) in [5.74, 6) is -0.453. The van der Waals surface area contributed by atoms with Gasteiger partial charge < -0.3 is 9.80 Å². The van der Waals surface area contributed by atoms with Gasteiger partial charge >= 0.3 is 0 Å². The summed E-state index contributed by atoms with van der Waals surface area (Å²) < 4.78 is 13.2. The van der Waals surface area contributed by atoms with Crippen LogP contribution >= 0.6 is 0 Å². The SMILES string of the molecule is N#Cc1ccc(N2CCN(c3ccnc(F)c3)CC2)cn1. The van der Waals surface area contributed by atoms with Crippen LogP contribution in [0.25, 0.3) is 0 Å². The summed E-state index contributed by atoms with van der Waals surface area (Å²) in [5.41, 5.74) is 2.29. The highest BCUT2D eigenvalue weighted by atomic mass is 19.1. The van der Waals surface area contributed by atoms with Crippen molar-refractivity contribution in [1.82, 2.24) is 9.97 Å². The molecule has 1 saturated heterocycles. The summed E-state index contributed by atoms with van der Waals surface area (Å²) in [6.07, 6.45) is 3.21. The van der Waals surface area contributed by atoms with E-state index in [1.807, 2.05) is 18.2 Å². The molecule has 0 unspecified atom stereocenters. The molecule has 0 radical (unpaired) electrons. The fraction of sp³-hybridized carbons (Fsp3) is 0.267. The number of piperazine rings is 1. The van der Waals surface area contributed by atoms with E-state index in [9.17, 15) is 4.39 Å². The van der Waals surface area contributed by atoms with E-state index in [4.69, 9.17) is 5.26 Å². The van der Waals surface area contributed by atoms with Crippen molar-refractivity contribution in [2.75, 3.05) is 36.0 Å². The maximum Gasteiger partial charge on any atom is 0.214 e. The van der Waals surface area contributed by atoms with E-state index in [1.54, 1.807) is 12.3 Å². The topological polar surface area (TPSA) is 56.1 Å². The lowest BCUT2D eigenvalue weighted by Crippen LogP contribution is -2.46. The first-order chi connectivity index (χ1) is 10.3. The molecule has 6 heteroatoms. The molecule has 0 aromatic carbocycles. The highest BCUT2D eigenvalue weighted by Crippen LogP contribution is 2.20. The smallest absolute Gasteiger partial charge is 0.214 e. The Morgan fingerprint density at radius 3 is 2.29 bits per heavy atom. The fourth-order valence-electron chi connectivity index (χ4n) is 2.45. The molecule has 1 fully saturated rings. The summed E-state index contributed by atoms with van der Waals surface area (Å²) in [5, 5.41) is 8.75. The minimum Gasteiger partial charge on any atom is -0.368 e. The molecular formula is C15H14FN5. The standard InChI is InChI=1S/C15H14FN5/c16-15-9-13(3-4-18-15)20-5-7-21(8-6-20)14-2-1-12(10-17)19-11-14/h1-4,9,11H,5-8H2. The highest BCUT2D eigenvalue weighted by molar-refractivity contribution is 5.50. The maximum atomic E-state index is 13.2. The third-order valence-electron chi connectivity index (χ3n) is 3.58. The van der Waals surface area contributed by atoms with Crippen LogP contribution < -0.4 is 9.80 Å². The Morgan fingerprint density at radius 1 is 1.00 bits per heavy atom. The number of rotatable bonds is 2. The second-order valence-corrected chi connectivity index (χ2v) is 4.82. The molecule has 3 rings (SSSR count). The van der Waals surface area contributed by atoms with Crippen LogP contribution in [0.5, 0.6) is 0 Å². The summed E-state index contributed by atoms with van der Waals surface area (Å²) in [7, 11) is 0. The zero-order chi connectivity index (χ0) is 14.7. The molecular weight excluding hydrogens is 269 g/mol. The Morgan fingerprint density at radius 2 is 1.71 bits per heavy atom. The molecule has 2 aromatic rings. The molecule has 2 aromatic heterocycles. The van der Waals surface area contributed by atoms with Crippen LogP contribution in [-0.4, -0.2) is 36.1 Å². The Hall–Kier alpha value is -2.68. The Labute approximate surface area is 122 Å². The average molecular weight is 283 g/mol. The first-order valence-electron chi connectivity index (χ1n) is 6.74. The number of nitriles is 1. The zero-order valence-electron chi connectivity index (χ0n) is 11.4. The van der Waals surface area contributed by atoms with E-state index in [-0.39, 0.29) is 0 Å². The van der Waals surface area contributed by atoms with Crippen molar-refractivity contribution < 1.29 is 4.39 Å². The molecule has 0 bridgehead atoms. The lowest BCUT2D eigenvalue weighted by atomic mass is 10.2. The highest BCUT2D eigenvalue weighted by Gasteiger charge is 2.18. The van der Waals surface area contributed by atoms with Gasteiger partial charge in [-0.05, 0) is 18.2 Å². The van der Waals surface area contributed by atoms with Crippen molar-refractivity contribution in [2.24, 2.45) is 0 Å². The Bertz CT molecular complexity index is 657. The van der Waals surface area contributed by atoms with Crippen molar-refractivity contribution in [3.05, 3.63) is 48.3 Å². The second kappa shape index (κ2) is 5.75. The molecule has 5 nitrogen and oxygen atoms in total. The zero-order valence-corrected chi connectivity index (χ0v) is 11.4. The number of aromatic nitrogens is 2. The molecule has 0 aliphatic carbocycles. The first kappa shape index (κ1) is 13.3. The van der Waals surface area contributed by atoms with E-state index < -0.39 is 5.95 Å². The third-order valence-corrected chi connectivity index (χ3v) is 3.58. The van der Waals surface area contributed by atoms with E-state index in [1.165, 1.54) is 12.3 Å². The fourth-order valence-corrected chi connectivity index (χ4v) is 2.45. The van der Waals surface area contributed by atoms with Crippen molar-refractivity contribution in [1.29, 1.82) is 5.26 Å². The van der Waals surface area contributed by atoms with Gasteiger partial charge in [-0.1, -0.05) is 0 Å². The minimum absolute atomic E-state index is 0.421. The van der Waals surface area contributed by atoms with Crippen LogP contribution in [-0.2, 0) is 0 Å². The molecule has 3 heterocycles. The summed E-state index contributed by atoms with van der Waals surface area (Å²) in [4.78, 5) is 12.0. The lowest BCUT2D eigenvalue weighted by molar-refractivity contribution is 0.580. The maximum absolute atomic E-state index is 13.2. The van der Waals surface area contributed by atoms with E-state index in [0.29, 0.717) is 5.69 Å². The van der Waals surface area contributed by atoms with Gasteiger partial charge in [-0.2, -0.15) is 9.65 Å². The number of hydrogen-bond acceptors (Lipinski definition) is 5. The molecule has 0 spiro atoms. The van der Waals surface area contributed by atoms with Crippen LogP contribution in [0.3, 0.4) is 0 Å². The van der Waals surface area contributed by atoms with Crippen LogP contribution in [0.15, 0.2) is 36.7 Å². The molecule has 0 saturated carbocycles. The van der Waals surface area contributed by atoms with Gasteiger partial charge in [0.2, 0.25) is 5.95 Å². The van der Waals surface area contributed by atoms with Gasteiger partial charge in [-0.25, -0.2) is 9.97 Å². The number of nitrogens with zero attached hydrogens (tertiary/aromatic N) is 5. The van der Waals surface area contributed by atoms with Gasteiger partial charge in [0.05, 0.1) is 11.9 Å². The van der Waals surface area contributed by atoms with Crippen LogP contribution in [0, 0.1) is 17.3 Å². The predicted molar refractivity (Wildman–Crippen MR) is 77.6 cm³/mol. The molecule has 21 heavy (non-hydrogen) atoms. The normalized spacial score (nSPS) is 14.9. The Kier molecular flexibility index (Phi) is 3.65. The van der Waals surface area contributed by atoms with Crippen molar-refractivity contribution in [3.63, 3.8) is 0 Å². The van der Waals surface area contributed by atoms with Crippen LogP contribution in [0.1, 0.15) is 5.69 Å².